The molecule has 0 amide bonds. The van der Waals surface area contributed by atoms with Crippen molar-refractivity contribution in [2.75, 3.05) is 0 Å². The van der Waals surface area contributed by atoms with Crippen LogP contribution in [0.25, 0.3) is 0 Å². The van der Waals surface area contributed by atoms with E-state index in [2.05, 4.69) is 0 Å². The molecule has 0 heterocycles. The van der Waals surface area contributed by atoms with Crippen molar-refractivity contribution in [2.24, 2.45) is 0 Å². The molecule has 2 rings (SSSR count). The Labute approximate surface area is 106 Å². The monoisotopic (exact) mass is 246 g/mol. The number of hydrogen-bond donors (Lipinski definition) is 1. The number of hydrogen-bond acceptors (Lipinski definition) is 2. The van der Waals surface area contributed by atoms with Crippen molar-refractivity contribution >= 4 is 0 Å². The molecule has 0 radical (unpaired) electrons. The van der Waals surface area contributed by atoms with Crippen LogP contribution in [0, 0.1) is 12.7 Å². The van der Waals surface area contributed by atoms with Gasteiger partial charge in [0.25, 0.3) is 0 Å². The number of halogens is 1. The van der Waals surface area contributed by atoms with E-state index in [0.29, 0.717) is 17.9 Å². The smallest absolute Gasteiger partial charge is 0.125 e. The highest BCUT2D eigenvalue weighted by Crippen LogP contribution is 2.21. The Morgan fingerprint density at radius 3 is 2.72 bits per heavy atom. The van der Waals surface area contributed by atoms with E-state index in [0.717, 1.165) is 11.1 Å². The van der Waals surface area contributed by atoms with Crippen molar-refractivity contribution in [3.8, 4) is 5.75 Å². The molecule has 0 saturated carbocycles. The second kappa shape index (κ2) is 5.65. The number of rotatable bonds is 4. The zero-order chi connectivity index (χ0) is 13.0. The highest BCUT2D eigenvalue weighted by molar-refractivity contribution is 5.33. The molecule has 0 atom stereocenters. The van der Waals surface area contributed by atoms with E-state index in [1.165, 1.54) is 18.2 Å². The lowest BCUT2D eigenvalue weighted by Crippen LogP contribution is -1.99. The summed E-state index contributed by atoms with van der Waals surface area (Å²) in [6, 6.07) is 12.1. The molecule has 0 aliphatic carbocycles. The van der Waals surface area contributed by atoms with Gasteiger partial charge in [0.05, 0.1) is 6.61 Å². The first-order valence-electron chi connectivity index (χ1n) is 5.76. The minimum Gasteiger partial charge on any atom is -0.489 e. The Morgan fingerprint density at radius 1 is 1.17 bits per heavy atom. The van der Waals surface area contributed by atoms with Crippen LogP contribution < -0.4 is 4.74 Å². The molecule has 0 aliphatic heterocycles. The molecule has 3 heteroatoms. The largest absolute Gasteiger partial charge is 0.489 e. The number of ether oxygens (including phenoxy) is 1. The molecule has 0 saturated heterocycles. The summed E-state index contributed by atoms with van der Waals surface area (Å²) in [7, 11) is 0. The van der Waals surface area contributed by atoms with Gasteiger partial charge in [-0.2, -0.15) is 0 Å². The van der Waals surface area contributed by atoms with Crippen LogP contribution in [-0.2, 0) is 13.2 Å². The van der Waals surface area contributed by atoms with E-state index in [1.54, 1.807) is 0 Å². The molecule has 0 aliphatic rings. The lowest BCUT2D eigenvalue weighted by atomic mass is 10.1. The van der Waals surface area contributed by atoms with Crippen LogP contribution in [0.15, 0.2) is 42.5 Å². The topological polar surface area (TPSA) is 29.5 Å². The van der Waals surface area contributed by atoms with Gasteiger partial charge >= 0.3 is 0 Å². The summed E-state index contributed by atoms with van der Waals surface area (Å²) < 4.78 is 18.6. The van der Waals surface area contributed by atoms with Gasteiger partial charge in [0, 0.05) is 5.56 Å². The van der Waals surface area contributed by atoms with Crippen molar-refractivity contribution < 1.29 is 14.2 Å². The van der Waals surface area contributed by atoms with Gasteiger partial charge in [-0.1, -0.05) is 29.8 Å². The van der Waals surface area contributed by atoms with E-state index in [1.807, 2.05) is 31.2 Å². The van der Waals surface area contributed by atoms with E-state index >= 15 is 0 Å². The first-order valence-corrected chi connectivity index (χ1v) is 5.76. The number of benzene rings is 2. The molecule has 94 valence electrons. The Kier molecular flexibility index (Phi) is 3.95. The van der Waals surface area contributed by atoms with Gasteiger partial charge < -0.3 is 9.84 Å². The summed E-state index contributed by atoms with van der Waals surface area (Å²) in [5.41, 5.74) is 2.67. The fraction of sp³-hybridized carbons (Fsp3) is 0.200. The Morgan fingerprint density at radius 2 is 2.00 bits per heavy atom. The molecule has 0 aromatic heterocycles. The van der Waals surface area contributed by atoms with Crippen LogP contribution in [-0.4, -0.2) is 5.11 Å². The van der Waals surface area contributed by atoms with Crippen LogP contribution in [0.5, 0.6) is 5.75 Å². The second-order valence-corrected chi connectivity index (χ2v) is 4.19. The molecule has 2 nitrogen and oxygen atoms in total. The Balaban J connectivity index is 2.10. The van der Waals surface area contributed by atoms with E-state index in [4.69, 9.17) is 9.84 Å². The van der Waals surface area contributed by atoms with Crippen LogP contribution in [0.4, 0.5) is 4.39 Å². The van der Waals surface area contributed by atoms with Gasteiger partial charge in [-0.25, -0.2) is 4.39 Å². The molecular formula is C15H15FO2. The quantitative estimate of drug-likeness (QED) is 0.897. The molecule has 0 spiro atoms. The van der Waals surface area contributed by atoms with Gasteiger partial charge in [0.2, 0.25) is 0 Å². The van der Waals surface area contributed by atoms with Crippen LogP contribution >= 0.6 is 0 Å². The lowest BCUT2D eigenvalue weighted by Gasteiger charge is -2.10. The first-order chi connectivity index (χ1) is 8.69. The lowest BCUT2D eigenvalue weighted by molar-refractivity contribution is 0.258. The molecule has 0 unspecified atom stereocenters. The van der Waals surface area contributed by atoms with Crippen molar-refractivity contribution in [1.29, 1.82) is 0 Å². The fourth-order valence-corrected chi connectivity index (χ4v) is 1.78. The molecule has 2 aromatic carbocycles. The molecule has 1 N–H and O–H groups in total. The van der Waals surface area contributed by atoms with Crippen molar-refractivity contribution in [1.82, 2.24) is 0 Å². The number of aliphatic hydroxyl groups is 1. The van der Waals surface area contributed by atoms with Crippen molar-refractivity contribution in [3.05, 3.63) is 65.0 Å². The minimum atomic E-state index is -0.373. The predicted octanol–water partition coefficient (Wildman–Crippen LogP) is 3.21. The fourth-order valence-electron chi connectivity index (χ4n) is 1.78. The molecule has 0 bridgehead atoms. The normalized spacial score (nSPS) is 10.4. The van der Waals surface area contributed by atoms with Gasteiger partial charge in [-0.3, -0.25) is 0 Å². The zero-order valence-corrected chi connectivity index (χ0v) is 10.2. The SMILES string of the molecule is Cc1cccc(COc2ccc(F)cc2CO)c1. The van der Waals surface area contributed by atoms with E-state index in [-0.39, 0.29) is 12.4 Å². The number of aryl methyl sites for hydroxylation is 1. The molecular weight excluding hydrogens is 231 g/mol. The third-order valence-corrected chi connectivity index (χ3v) is 2.67. The minimum absolute atomic E-state index is 0.235. The average Bonchev–Trinajstić information content (AvgIpc) is 2.37. The standard InChI is InChI=1S/C15H15FO2/c1-11-3-2-4-12(7-11)10-18-15-6-5-14(16)8-13(15)9-17/h2-8,17H,9-10H2,1H3. The zero-order valence-electron chi connectivity index (χ0n) is 10.2. The van der Waals surface area contributed by atoms with Gasteiger partial charge in [0.15, 0.2) is 0 Å². The predicted molar refractivity (Wildman–Crippen MR) is 67.8 cm³/mol. The third-order valence-electron chi connectivity index (χ3n) is 2.67. The highest BCUT2D eigenvalue weighted by Gasteiger charge is 2.05. The maximum Gasteiger partial charge on any atom is 0.125 e. The summed E-state index contributed by atoms with van der Waals surface area (Å²) in [6.07, 6.45) is 0. The van der Waals surface area contributed by atoms with Gasteiger partial charge in [-0.15, -0.1) is 0 Å². The van der Waals surface area contributed by atoms with Crippen molar-refractivity contribution in [2.45, 2.75) is 20.1 Å². The maximum atomic E-state index is 13.0. The Bertz CT molecular complexity index is 538. The summed E-state index contributed by atoms with van der Waals surface area (Å²) >= 11 is 0. The Hall–Kier alpha value is -1.87. The summed E-state index contributed by atoms with van der Waals surface area (Å²) in [6.45, 7) is 2.18. The molecule has 18 heavy (non-hydrogen) atoms. The van der Waals surface area contributed by atoms with Crippen LogP contribution in [0.1, 0.15) is 16.7 Å². The van der Waals surface area contributed by atoms with Gasteiger partial charge in [0.1, 0.15) is 18.2 Å². The molecule has 2 aromatic rings. The summed E-state index contributed by atoms with van der Waals surface area (Å²) in [5.74, 6) is 0.141. The first kappa shape index (κ1) is 12.6. The maximum absolute atomic E-state index is 13.0. The average molecular weight is 246 g/mol. The highest BCUT2D eigenvalue weighted by atomic mass is 19.1. The summed E-state index contributed by atoms with van der Waals surface area (Å²) in [4.78, 5) is 0. The number of aliphatic hydroxyl groups excluding tert-OH is 1. The van der Waals surface area contributed by atoms with Crippen LogP contribution in [0.3, 0.4) is 0 Å². The summed E-state index contributed by atoms with van der Waals surface area (Å²) in [5, 5.41) is 9.14. The van der Waals surface area contributed by atoms with E-state index < -0.39 is 0 Å². The second-order valence-electron chi connectivity index (χ2n) is 4.19. The van der Waals surface area contributed by atoms with Crippen molar-refractivity contribution in [3.63, 3.8) is 0 Å². The molecule has 0 fully saturated rings. The van der Waals surface area contributed by atoms with E-state index in [9.17, 15) is 4.39 Å². The van der Waals surface area contributed by atoms with Crippen LogP contribution in [0.2, 0.25) is 0 Å². The third kappa shape index (κ3) is 3.08. The van der Waals surface area contributed by atoms with Gasteiger partial charge in [-0.05, 0) is 30.7 Å².